The van der Waals surface area contributed by atoms with Crippen LogP contribution in [0.1, 0.15) is 32.6 Å². The average Bonchev–Trinajstić information content (AvgIpc) is 3.33. The maximum absolute atomic E-state index is 12.3. The topological polar surface area (TPSA) is 141 Å². The molecular formula is C21H32N8O2. The first kappa shape index (κ1) is 21.4. The van der Waals surface area contributed by atoms with Gasteiger partial charge in [-0.2, -0.15) is 4.98 Å². The van der Waals surface area contributed by atoms with Crippen LogP contribution in [0.2, 0.25) is 0 Å². The van der Waals surface area contributed by atoms with E-state index in [-0.39, 0.29) is 6.03 Å². The van der Waals surface area contributed by atoms with Gasteiger partial charge in [-0.25, -0.2) is 9.78 Å². The normalized spacial score (nSPS) is 26.7. The number of urea groups is 1. The van der Waals surface area contributed by atoms with Gasteiger partial charge >= 0.3 is 6.03 Å². The number of allylic oxidation sites excluding steroid dienone is 1. The molecule has 3 unspecified atom stereocenters. The number of likely N-dealkylation sites (tertiary alicyclic amines) is 1. The van der Waals surface area contributed by atoms with E-state index >= 15 is 0 Å². The fraction of sp³-hybridized carbons (Fsp3) is 0.619. The van der Waals surface area contributed by atoms with Crippen molar-refractivity contribution in [3.63, 3.8) is 0 Å². The van der Waals surface area contributed by atoms with E-state index in [1.54, 1.807) is 19.3 Å². The first-order valence-corrected chi connectivity index (χ1v) is 11.0. The number of nitrogens with zero attached hydrogens (tertiary/aromatic N) is 4. The summed E-state index contributed by atoms with van der Waals surface area (Å²) in [5.41, 5.74) is 6.19. The highest BCUT2D eigenvalue weighted by Crippen LogP contribution is 2.39. The van der Waals surface area contributed by atoms with Crippen LogP contribution in [0.5, 0.6) is 0 Å². The molecule has 10 heteroatoms. The number of aliphatic hydroxyl groups is 1. The van der Waals surface area contributed by atoms with Gasteiger partial charge in [0.15, 0.2) is 0 Å². The number of carbonyl (C=O) groups is 1. The lowest BCUT2D eigenvalue weighted by Crippen LogP contribution is -2.40. The number of fused-ring (bicyclic) bond motifs is 1. The number of anilines is 2. The van der Waals surface area contributed by atoms with E-state index in [0.29, 0.717) is 42.1 Å². The van der Waals surface area contributed by atoms with E-state index < -0.39 is 6.10 Å². The number of nitrogens with one attached hydrogen (secondary N) is 3. The molecule has 2 amide bonds. The molecule has 3 atom stereocenters. The average molecular weight is 429 g/mol. The van der Waals surface area contributed by atoms with Crippen molar-refractivity contribution in [2.45, 2.75) is 50.8 Å². The predicted molar refractivity (Wildman–Crippen MR) is 120 cm³/mol. The Labute approximate surface area is 182 Å². The first-order valence-electron chi connectivity index (χ1n) is 11.0. The summed E-state index contributed by atoms with van der Waals surface area (Å²) in [7, 11) is 0. The highest BCUT2D eigenvalue weighted by atomic mass is 16.3. The number of hydrogen-bond acceptors (Lipinski definition) is 8. The van der Waals surface area contributed by atoms with E-state index in [1.165, 1.54) is 6.20 Å². The third-order valence-corrected chi connectivity index (χ3v) is 5.99. The second kappa shape index (κ2) is 9.51. The molecule has 6 N–H and O–H groups in total. The third-order valence-electron chi connectivity index (χ3n) is 5.99. The summed E-state index contributed by atoms with van der Waals surface area (Å²) in [4.78, 5) is 27.2. The Balaban J connectivity index is 1.27. The van der Waals surface area contributed by atoms with Crippen molar-refractivity contribution in [3.8, 4) is 0 Å². The van der Waals surface area contributed by atoms with Crippen LogP contribution in [0.15, 0.2) is 29.2 Å². The van der Waals surface area contributed by atoms with Crippen molar-refractivity contribution in [2.75, 3.05) is 30.3 Å². The van der Waals surface area contributed by atoms with Crippen LogP contribution in [-0.4, -0.2) is 70.0 Å². The number of rotatable bonds is 8. The molecule has 0 bridgehead atoms. The molecule has 0 radical (unpaired) electrons. The molecule has 168 valence electrons. The minimum Gasteiger partial charge on any atom is -0.403 e. The van der Waals surface area contributed by atoms with Crippen molar-refractivity contribution in [1.29, 1.82) is 0 Å². The number of hydrogen-bond donors (Lipinski definition) is 5. The van der Waals surface area contributed by atoms with Crippen molar-refractivity contribution in [3.05, 3.63) is 24.2 Å². The van der Waals surface area contributed by atoms with E-state index in [2.05, 4.69) is 30.9 Å². The van der Waals surface area contributed by atoms with Gasteiger partial charge in [0, 0.05) is 43.8 Å². The largest absolute Gasteiger partial charge is 0.403 e. The summed E-state index contributed by atoms with van der Waals surface area (Å²) in [6, 6.07) is 2.70. The van der Waals surface area contributed by atoms with Crippen molar-refractivity contribution >= 4 is 24.0 Å². The van der Waals surface area contributed by atoms with Gasteiger partial charge in [-0.15, -0.1) is 0 Å². The Kier molecular flexibility index (Phi) is 6.55. The molecule has 3 fully saturated rings. The summed E-state index contributed by atoms with van der Waals surface area (Å²) >= 11 is 0. The molecule has 3 aliphatic rings. The molecule has 0 aromatic carbocycles. The maximum atomic E-state index is 12.3. The molecule has 4 rings (SSSR count). The number of aromatic nitrogens is 2. The van der Waals surface area contributed by atoms with E-state index in [9.17, 15) is 9.90 Å². The number of nitrogens with two attached hydrogens (primary N) is 1. The lowest BCUT2D eigenvalue weighted by Gasteiger charge is -2.20. The predicted octanol–water partition coefficient (Wildman–Crippen LogP) is 1.13. The Bertz CT molecular complexity index is 824. The van der Waals surface area contributed by atoms with Gasteiger partial charge in [-0.05, 0) is 50.5 Å². The molecular weight excluding hydrogens is 396 g/mol. The summed E-state index contributed by atoms with van der Waals surface area (Å²) in [5, 5.41) is 18.9. The van der Waals surface area contributed by atoms with Gasteiger partial charge in [0.2, 0.25) is 5.95 Å². The van der Waals surface area contributed by atoms with Gasteiger partial charge in [0.25, 0.3) is 0 Å². The van der Waals surface area contributed by atoms with Crippen molar-refractivity contribution < 1.29 is 9.90 Å². The minimum absolute atomic E-state index is 0.105. The molecule has 1 saturated heterocycles. The van der Waals surface area contributed by atoms with Crippen LogP contribution in [0.4, 0.5) is 16.6 Å². The lowest BCUT2D eigenvalue weighted by molar-refractivity contribution is 0.203. The zero-order chi connectivity index (χ0) is 21.8. The van der Waals surface area contributed by atoms with Gasteiger partial charge < -0.3 is 31.7 Å². The second-order valence-electron chi connectivity index (χ2n) is 8.82. The molecule has 1 aromatic heterocycles. The summed E-state index contributed by atoms with van der Waals surface area (Å²) in [5.74, 6) is 2.26. The van der Waals surface area contributed by atoms with Crippen LogP contribution in [-0.2, 0) is 0 Å². The molecule has 1 aliphatic heterocycles. The second-order valence-corrected chi connectivity index (χ2v) is 8.82. The standard InChI is InChI=1S/C21H32N8O2/c1-13(30)9-23-10-18(8-22)26-20-24-5-4-19(28-20)25-17-6-14-11-29(12-15(14)7-17)21(31)27-16-2-3-16/h4-5,8,10,13-17,30H,2-3,6-7,9,11-12,22H2,1H3,(H,27,31)(H2,24,25,26,28). The highest BCUT2D eigenvalue weighted by molar-refractivity contribution is 5.82. The number of amides is 2. The Morgan fingerprint density at radius 3 is 2.74 bits per heavy atom. The van der Waals surface area contributed by atoms with E-state index in [1.807, 2.05) is 11.0 Å². The zero-order valence-electron chi connectivity index (χ0n) is 17.9. The summed E-state index contributed by atoms with van der Waals surface area (Å²) in [6.07, 6.45) is 8.42. The van der Waals surface area contributed by atoms with Gasteiger partial charge in [0.05, 0.1) is 18.3 Å². The number of carbonyl (C=O) groups excluding carboxylic acids is 1. The van der Waals surface area contributed by atoms with Crippen LogP contribution in [0.3, 0.4) is 0 Å². The van der Waals surface area contributed by atoms with Crippen LogP contribution >= 0.6 is 0 Å². The lowest BCUT2D eigenvalue weighted by atomic mass is 10.0. The van der Waals surface area contributed by atoms with E-state index in [0.717, 1.165) is 44.6 Å². The number of aliphatic imine (C=N–C) groups is 1. The summed E-state index contributed by atoms with van der Waals surface area (Å²) < 4.78 is 0. The SMILES string of the molecule is CC(O)CN=CC(=CN)Nc1nccc(NC2CC3CN(C(=O)NC4CC4)CC3C2)n1. The van der Waals surface area contributed by atoms with Crippen molar-refractivity contribution in [2.24, 2.45) is 22.6 Å². The Hall–Kier alpha value is -2.88. The van der Waals surface area contributed by atoms with Gasteiger partial charge in [0.1, 0.15) is 5.82 Å². The molecule has 31 heavy (non-hydrogen) atoms. The Morgan fingerprint density at radius 1 is 1.35 bits per heavy atom. The smallest absolute Gasteiger partial charge is 0.317 e. The minimum atomic E-state index is -0.510. The van der Waals surface area contributed by atoms with Crippen LogP contribution in [0, 0.1) is 11.8 Å². The molecule has 2 aliphatic carbocycles. The third kappa shape index (κ3) is 5.84. The summed E-state index contributed by atoms with van der Waals surface area (Å²) in [6.45, 7) is 3.65. The van der Waals surface area contributed by atoms with Crippen LogP contribution < -0.4 is 21.7 Å². The fourth-order valence-corrected chi connectivity index (χ4v) is 4.34. The molecule has 10 nitrogen and oxygen atoms in total. The quantitative estimate of drug-likeness (QED) is 0.391. The molecule has 2 saturated carbocycles. The highest BCUT2D eigenvalue weighted by Gasteiger charge is 2.43. The zero-order valence-corrected chi connectivity index (χ0v) is 17.9. The van der Waals surface area contributed by atoms with Gasteiger partial charge in [-0.1, -0.05) is 0 Å². The van der Waals surface area contributed by atoms with Crippen LogP contribution in [0.25, 0.3) is 0 Å². The monoisotopic (exact) mass is 428 g/mol. The van der Waals surface area contributed by atoms with Gasteiger partial charge in [-0.3, -0.25) is 4.99 Å². The fourth-order valence-electron chi connectivity index (χ4n) is 4.34. The molecule has 2 heterocycles. The maximum Gasteiger partial charge on any atom is 0.317 e. The first-order chi connectivity index (χ1) is 15.0. The number of aliphatic hydroxyl groups excluding tert-OH is 1. The van der Waals surface area contributed by atoms with Crippen molar-refractivity contribution in [1.82, 2.24) is 20.2 Å². The van der Waals surface area contributed by atoms with E-state index in [4.69, 9.17) is 5.73 Å². The Morgan fingerprint density at radius 2 is 2.10 bits per heavy atom. The molecule has 0 spiro atoms. The molecule has 1 aromatic rings.